The molecule has 1 aromatic carbocycles. The minimum Gasteiger partial charge on any atom is -0.480 e. The molecule has 3 atom stereocenters. The highest BCUT2D eigenvalue weighted by Crippen LogP contribution is 2.24. The minimum absolute atomic E-state index is 0.108. The van der Waals surface area contributed by atoms with Gasteiger partial charge in [-0.1, -0.05) is 0 Å². The predicted octanol–water partition coefficient (Wildman–Crippen LogP) is 1.17. The van der Waals surface area contributed by atoms with E-state index < -0.39 is 27.9 Å². The first-order valence-electron chi connectivity index (χ1n) is 8.99. The second-order valence-electron chi connectivity index (χ2n) is 7.10. The first-order valence-corrected chi connectivity index (χ1v) is 10.4. The van der Waals surface area contributed by atoms with Crippen molar-refractivity contribution >= 4 is 21.9 Å². The van der Waals surface area contributed by atoms with Crippen molar-refractivity contribution in [3.8, 4) is 0 Å². The van der Waals surface area contributed by atoms with Gasteiger partial charge >= 0.3 is 5.97 Å². The third-order valence-electron chi connectivity index (χ3n) is 4.92. The smallest absolute Gasteiger partial charge is 0.326 e. The van der Waals surface area contributed by atoms with Crippen LogP contribution in [0.15, 0.2) is 29.2 Å². The molecular formula is C18H24N2O6S. The van der Waals surface area contributed by atoms with Crippen LogP contribution in [0.5, 0.6) is 0 Å². The van der Waals surface area contributed by atoms with Crippen molar-refractivity contribution in [3.63, 3.8) is 0 Å². The minimum atomic E-state index is -3.68. The van der Waals surface area contributed by atoms with E-state index >= 15 is 0 Å². The van der Waals surface area contributed by atoms with E-state index in [4.69, 9.17) is 4.74 Å². The number of sulfonamides is 1. The van der Waals surface area contributed by atoms with Gasteiger partial charge < -0.3 is 14.7 Å². The van der Waals surface area contributed by atoms with Crippen LogP contribution in [-0.4, -0.2) is 72.5 Å². The Kier molecular flexibility index (Phi) is 5.55. The highest BCUT2D eigenvalue weighted by atomic mass is 32.2. The molecule has 2 heterocycles. The molecule has 3 rings (SSSR count). The molecule has 1 amide bonds. The van der Waals surface area contributed by atoms with E-state index in [-0.39, 0.29) is 35.8 Å². The quantitative estimate of drug-likeness (QED) is 0.819. The predicted molar refractivity (Wildman–Crippen MR) is 96.9 cm³/mol. The topological polar surface area (TPSA) is 104 Å². The number of amides is 1. The lowest BCUT2D eigenvalue weighted by atomic mass is 10.1. The second-order valence-corrected chi connectivity index (χ2v) is 9.04. The molecule has 2 saturated heterocycles. The van der Waals surface area contributed by atoms with Gasteiger partial charge in [0.15, 0.2) is 0 Å². The van der Waals surface area contributed by atoms with E-state index in [0.717, 1.165) is 0 Å². The van der Waals surface area contributed by atoms with Crippen molar-refractivity contribution < 1.29 is 27.9 Å². The molecule has 9 heteroatoms. The van der Waals surface area contributed by atoms with Gasteiger partial charge in [-0.2, -0.15) is 4.31 Å². The van der Waals surface area contributed by atoms with Crippen molar-refractivity contribution in [1.29, 1.82) is 0 Å². The summed E-state index contributed by atoms with van der Waals surface area (Å²) >= 11 is 0. The van der Waals surface area contributed by atoms with E-state index in [2.05, 4.69) is 0 Å². The van der Waals surface area contributed by atoms with Gasteiger partial charge in [-0.05, 0) is 51.0 Å². The van der Waals surface area contributed by atoms with Crippen LogP contribution in [0.3, 0.4) is 0 Å². The fraction of sp³-hybridized carbons (Fsp3) is 0.556. The zero-order valence-electron chi connectivity index (χ0n) is 15.4. The van der Waals surface area contributed by atoms with Gasteiger partial charge in [-0.3, -0.25) is 4.79 Å². The Balaban J connectivity index is 1.78. The largest absolute Gasteiger partial charge is 0.480 e. The van der Waals surface area contributed by atoms with E-state index in [1.807, 2.05) is 13.8 Å². The summed E-state index contributed by atoms with van der Waals surface area (Å²) in [6, 6.07) is 4.87. The summed E-state index contributed by atoms with van der Waals surface area (Å²) in [5.41, 5.74) is 0.283. The Labute approximate surface area is 158 Å². The summed E-state index contributed by atoms with van der Waals surface area (Å²) in [5, 5.41) is 9.23. The Morgan fingerprint density at radius 1 is 1.11 bits per heavy atom. The molecule has 0 radical (unpaired) electrons. The first kappa shape index (κ1) is 19.8. The third kappa shape index (κ3) is 3.99. The lowest BCUT2D eigenvalue weighted by Crippen LogP contribution is -2.48. The van der Waals surface area contributed by atoms with Gasteiger partial charge in [0.05, 0.1) is 17.1 Å². The zero-order chi connectivity index (χ0) is 19.8. The maximum atomic E-state index is 12.9. The molecule has 0 bridgehead atoms. The zero-order valence-corrected chi connectivity index (χ0v) is 16.2. The number of aliphatic carboxylic acids is 1. The molecule has 2 aliphatic rings. The summed E-state index contributed by atoms with van der Waals surface area (Å²) in [4.78, 5) is 25.3. The number of carboxylic acids is 1. The molecule has 0 saturated carbocycles. The monoisotopic (exact) mass is 396 g/mol. The molecule has 2 aliphatic heterocycles. The maximum absolute atomic E-state index is 12.9. The Morgan fingerprint density at radius 3 is 2.26 bits per heavy atom. The van der Waals surface area contributed by atoms with E-state index in [1.165, 1.54) is 33.5 Å². The summed E-state index contributed by atoms with van der Waals surface area (Å²) in [7, 11) is -3.68. The fourth-order valence-corrected chi connectivity index (χ4v) is 5.27. The first-order chi connectivity index (χ1) is 12.7. The van der Waals surface area contributed by atoms with Crippen molar-refractivity contribution in [2.75, 3.05) is 19.6 Å². The fourth-order valence-electron chi connectivity index (χ4n) is 3.68. The average molecular weight is 396 g/mol. The van der Waals surface area contributed by atoms with E-state index in [0.29, 0.717) is 19.4 Å². The summed E-state index contributed by atoms with van der Waals surface area (Å²) < 4.78 is 32.7. The Hall–Kier alpha value is -1.97. The molecule has 0 aliphatic carbocycles. The number of hydrogen-bond acceptors (Lipinski definition) is 5. The number of morpholine rings is 1. The molecule has 1 N–H and O–H groups in total. The summed E-state index contributed by atoms with van der Waals surface area (Å²) in [6.07, 6.45) is 0.698. The number of carbonyl (C=O) groups is 2. The number of rotatable bonds is 4. The highest BCUT2D eigenvalue weighted by Gasteiger charge is 2.35. The van der Waals surface area contributed by atoms with Crippen LogP contribution in [0.25, 0.3) is 0 Å². The van der Waals surface area contributed by atoms with Gasteiger partial charge in [-0.25, -0.2) is 13.2 Å². The molecule has 1 aromatic rings. The van der Waals surface area contributed by atoms with Gasteiger partial charge in [0.2, 0.25) is 10.0 Å². The van der Waals surface area contributed by atoms with Crippen molar-refractivity contribution in [3.05, 3.63) is 29.8 Å². The van der Waals surface area contributed by atoms with Gasteiger partial charge in [0, 0.05) is 25.2 Å². The molecule has 0 spiro atoms. The van der Waals surface area contributed by atoms with Crippen molar-refractivity contribution in [1.82, 2.24) is 9.21 Å². The molecule has 148 valence electrons. The Morgan fingerprint density at radius 2 is 1.70 bits per heavy atom. The third-order valence-corrected chi connectivity index (χ3v) is 6.77. The van der Waals surface area contributed by atoms with Crippen LogP contribution in [0.2, 0.25) is 0 Å². The van der Waals surface area contributed by atoms with Gasteiger partial charge in [-0.15, -0.1) is 0 Å². The van der Waals surface area contributed by atoms with Crippen LogP contribution < -0.4 is 0 Å². The van der Waals surface area contributed by atoms with E-state index in [9.17, 15) is 23.1 Å². The number of hydrogen-bond donors (Lipinski definition) is 1. The molecule has 2 fully saturated rings. The van der Waals surface area contributed by atoms with Crippen LogP contribution in [-0.2, 0) is 19.6 Å². The van der Waals surface area contributed by atoms with Crippen LogP contribution in [0, 0.1) is 0 Å². The number of likely N-dealkylation sites (tertiary alicyclic amines) is 1. The molecule has 2 unspecified atom stereocenters. The second kappa shape index (κ2) is 7.57. The number of carbonyl (C=O) groups excluding carboxylic acids is 1. The SMILES string of the molecule is CC1CN(S(=O)(=O)c2ccc(C(=O)N3CCC[C@@H]3C(=O)O)cc2)CC(C)O1. The lowest BCUT2D eigenvalue weighted by Gasteiger charge is -2.34. The Bertz CT molecular complexity index is 813. The van der Waals surface area contributed by atoms with Crippen LogP contribution in [0.4, 0.5) is 0 Å². The van der Waals surface area contributed by atoms with Crippen molar-refractivity contribution in [2.24, 2.45) is 0 Å². The van der Waals surface area contributed by atoms with Gasteiger partial charge in [0.25, 0.3) is 5.91 Å². The van der Waals surface area contributed by atoms with Crippen molar-refractivity contribution in [2.45, 2.75) is 49.8 Å². The standard InChI is InChI=1S/C18H24N2O6S/c1-12-10-19(11-13(2)26-12)27(24,25)15-7-5-14(6-8-15)17(21)20-9-3-4-16(20)18(22)23/h5-8,12-13,16H,3-4,9-11H2,1-2H3,(H,22,23)/t12?,13?,16-/m1/s1. The average Bonchev–Trinajstić information content (AvgIpc) is 3.10. The maximum Gasteiger partial charge on any atom is 0.326 e. The highest BCUT2D eigenvalue weighted by molar-refractivity contribution is 7.89. The molecule has 8 nitrogen and oxygen atoms in total. The van der Waals surface area contributed by atoms with Crippen LogP contribution in [0.1, 0.15) is 37.0 Å². The summed E-state index contributed by atoms with van der Waals surface area (Å²) in [6.45, 7) is 4.60. The normalized spacial score (nSPS) is 26.9. The van der Waals surface area contributed by atoms with Crippen LogP contribution >= 0.6 is 0 Å². The number of carboxylic acid groups (broad SMARTS) is 1. The lowest BCUT2D eigenvalue weighted by molar-refractivity contribution is -0.141. The number of ether oxygens (including phenoxy) is 1. The van der Waals surface area contributed by atoms with Gasteiger partial charge in [0.1, 0.15) is 6.04 Å². The summed E-state index contributed by atoms with van der Waals surface area (Å²) in [5.74, 6) is -1.41. The van der Waals surface area contributed by atoms with E-state index in [1.54, 1.807) is 0 Å². The molecular weight excluding hydrogens is 372 g/mol. The molecule has 0 aromatic heterocycles. The molecule has 27 heavy (non-hydrogen) atoms. The number of benzene rings is 1. The number of nitrogens with zero attached hydrogens (tertiary/aromatic N) is 2.